The number of ether oxygens (including phenoxy) is 1. The summed E-state index contributed by atoms with van der Waals surface area (Å²) < 4.78 is 4.93. The van der Waals surface area contributed by atoms with Crippen molar-refractivity contribution in [3.63, 3.8) is 0 Å². The molecule has 0 bridgehead atoms. The minimum absolute atomic E-state index is 0.289. The first kappa shape index (κ1) is 11.6. The highest BCUT2D eigenvalue weighted by Crippen LogP contribution is 2.22. The van der Waals surface area contributed by atoms with Crippen molar-refractivity contribution in [3.05, 3.63) is 42.5 Å². The number of nitrogens with one attached hydrogen (secondary N) is 2. The van der Waals surface area contributed by atoms with E-state index in [4.69, 9.17) is 4.74 Å². The molecule has 1 saturated heterocycles. The molecule has 19 heavy (non-hydrogen) atoms. The van der Waals surface area contributed by atoms with E-state index in [2.05, 4.69) is 15.3 Å². The molecule has 2 N–H and O–H groups in total. The van der Waals surface area contributed by atoms with Crippen LogP contribution in [0.15, 0.2) is 36.7 Å². The van der Waals surface area contributed by atoms with Gasteiger partial charge in [0.25, 0.3) is 0 Å². The Labute approximate surface area is 110 Å². The Morgan fingerprint density at radius 3 is 3.16 bits per heavy atom. The van der Waals surface area contributed by atoms with E-state index < -0.39 is 0 Å². The lowest BCUT2D eigenvalue weighted by Crippen LogP contribution is -2.23. The lowest BCUT2D eigenvalue weighted by atomic mass is 10.2. The van der Waals surface area contributed by atoms with Gasteiger partial charge in [-0.15, -0.1) is 0 Å². The number of hydrogen-bond acceptors (Lipinski definition) is 4. The second-order valence-corrected chi connectivity index (χ2v) is 4.21. The van der Waals surface area contributed by atoms with Gasteiger partial charge in [0.2, 0.25) is 0 Å². The highest BCUT2D eigenvalue weighted by Gasteiger charge is 2.23. The van der Waals surface area contributed by atoms with Crippen molar-refractivity contribution < 1.29 is 9.53 Å². The van der Waals surface area contributed by atoms with E-state index in [1.165, 1.54) is 0 Å². The Morgan fingerprint density at radius 2 is 2.42 bits per heavy atom. The average Bonchev–Trinajstić information content (AvgIpc) is 3.08. The van der Waals surface area contributed by atoms with Crippen LogP contribution < -0.4 is 10.2 Å². The monoisotopic (exact) mass is 258 g/mol. The van der Waals surface area contributed by atoms with E-state index in [0.29, 0.717) is 19.7 Å². The number of hydrogen-bond donors (Lipinski definition) is 2. The van der Waals surface area contributed by atoms with Crippen molar-refractivity contribution in [2.45, 2.75) is 6.54 Å². The molecule has 1 amide bonds. The van der Waals surface area contributed by atoms with Gasteiger partial charge in [0.05, 0.1) is 13.1 Å². The molecule has 3 rings (SSSR count). The summed E-state index contributed by atoms with van der Waals surface area (Å²) in [5.74, 6) is 0.867. The molecule has 1 aromatic carbocycles. The van der Waals surface area contributed by atoms with Gasteiger partial charge in [0.15, 0.2) is 0 Å². The van der Waals surface area contributed by atoms with Crippen molar-refractivity contribution in [1.29, 1.82) is 0 Å². The predicted molar refractivity (Wildman–Crippen MR) is 71.1 cm³/mol. The third-order valence-electron chi connectivity index (χ3n) is 2.93. The first-order valence-electron chi connectivity index (χ1n) is 6.09. The number of aromatic nitrogens is 2. The Hall–Kier alpha value is -2.50. The zero-order valence-electron chi connectivity index (χ0n) is 10.3. The number of aromatic amines is 1. The van der Waals surface area contributed by atoms with Gasteiger partial charge in [-0.1, -0.05) is 6.07 Å². The number of benzene rings is 1. The maximum Gasteiger partial charge on any atom is 0.414 e. The van der Waals surface area contributed by atoms with Crippen LogP contribution in [0, 0.1) is 0 Å². The fourth-order valence-corrected chi connectivity index (χ4v) is 1.99. The van der Waals surface area contributed by atoms with E-state index in [-0.39, 0.29) is 6.09 Å². The number of carbonyl (C=O) groups is 1. The highest BCUT2D eigenvalue weighted by atomic mass is 16.6. The number of carbonyl (C=O) groups excluding carboxylic acids is 1. The van der Waals surface area contributed by atoms with Crippen LogP contribution in [-0.2, 0) is 11.3 Å². The minimum atomic E-state index is -0.289. The summed E-state index contributed by atoms with van der Waals surface area (Å²) in [6, 6.07) is 7.68. The summed E-state index contributed by atoms with van der Waals surface area (Å²) in [4.78, 5) is 20.3. The molecule has 0 radical (unpaired) electrons. The molecule has 2 heterocycles. The number of imidazole rings is 1. The molecule has 0 saturated carbocycles. The third-order valence-corrected chi connectivity index (χ3v) is 2.93. The molecule has 6 heteroatoms. The van der Waals surface area contributed by atoms with Crippen LogP contribution >= 0.6 is 0 Å². The molecule has 6 nitrogen and oxygen atoms in total. The van der Waals surface area contributed by atoms with Crippen molar-refractivity contribution >= 4 is 17.5 Å². The van der Waals surface area contributed by atoms with Gasteiger partial charge in [-0.3, -0.25) is 4.90 Å². The van der Waals surface area contributed by atoms with Crippen LogP contribution in [0.25, 0.3) is 0 Å². The molecular formula is C13H14N4O2. The van der Waals surface area contributed by atoms with Crippen LogP contribution in [0.3, 0.4) is 0 Å². The molecule has 1 aliphatic rings. The van der Waals surface area contributed by atoms with E-state index >= 15 is 0 Å². The standard InChI is InChI=1S/C13H14N4O2/c18-13-17(6-7-19-13)11-3-1-2-10(8-11)16-9-12-14-4-5-15-12/h1-5,8,16H,6-7,9H2,(H,14,15). The van der Waals surface area contributed by atoms with Gasteiger partial charge in [0.1, 0.15) is 12.4 Å². The zero-order valence-corrected chi connectivity index (χ0v) is 10.3. The van der Waals surface area contributed by atoms with Crippen LogP contribution in [0.5, 0.6) is 0 Å². The lowest BCUT2D eigenvalue weighted by Gasteiger charge is -2.14. The van der Waals surface area contributed by atoms with Crippen LogP contribution in [0.4, 0.5) is 16.2 Å². The third kappa shape index (κ3) is 2.52. The number of amides is 1. The molecule has 0 aliphatic carbocycles. The first-order chi connectivity index (χ1) is 9.33. The fraction of sp³-hybridized carbons (Fsp3) is 0.231. The van der Waals surface area contributed by atoms with Crippen molar-refractivity contribution in [2.75, 3.05) is 23.4 Å². The molecule has 98 valence electrons. The van der Waals surface area contributed by atoms with Gasteiger partial charge in [-0.25, -0.2) is 9.78 Å². The molecular weight excluding hydrogens is 244 g/mol. The van der Waals surface area contributed by atoms with Gasteiger partial charge in [-0.05, 0) is 18.2 Å². The van der Waals surface area contributed by atoms with E-state index in [1.54, 1.807) is 17.3 Å². The summed E-state index contributed by atoms with van der Waals surface area (Å²) >= 11 is 0. The maximum atomic E-state index is 11.5. The molecule has 2 aromatic rings. The number of rotatable bonds is 4. The Bertz CT molecular complexity index is 568. The second-order valence-electron chi connectivity index (χ2n) is 4.21. The summed E-state index contributed by atoms with van der Waals surface area (Å²) in [5, 5.41) is 3.25. The fourth-order valence-electron chi connectivity index (χ4n) is 1.99. The maximum absolute atomic E-state index is 11.5. The normalized spacial score (nSPS) is 14.5. The molecule has 0 atom stereocenters. The van der Waals surface area contributed by atoms with E-state index in [0.717, 1.165) is 17.2 Å². The topological polar surface area (TPSA) is 70.2 Å². The van der Waals surface area contributed by atoms with E-state index in [9.17, 15) is 4.79 Å². The summed E-state index contributed by atoms with van der Waals surface area (Å²) in [6.45, 7) is 1.66. The zero-order chi connectivity index (χ0) is 13.1. The van der Waals surface area contributed by atoms with Gasteiger partial charge >= 0.3 is 6.09 Å². The van der Waals surface area contributed by atoms with Crippen molar-refractivity contribution in [2.24, 2.45) is 0 Å². The number of anilines is 2. The largest absolute Gasteiger partial charge is 0.447 e. The Balaban J connectivity index is 1.71. The van der Waals surface area contributed by atoms with Gasteiger partial charge in [0, 0.05) is 23.8 Å². The average molecular weight is 258 g/mol. The van der Waals surface area contributed by atoms with E-state index in [1.807, 2.05) is 24.3 Å². The van der Waals surface area contributed by atoms with Crippen molar-refractivity contribution in [1.82, 2.24) is 9.97 Å². The van der Waals surface area contributed by atoms with Crippen molar-refractivity contribution in [3.8, 4) is 0 Å². The Morgan fingerprint density at radius 1 is 1.47 bits per heavy atom. The molecule has 1 aromatic heterocycles. The minimum Gasteiger partial charge on any atom is -0.447 e. The number of cyclic esters (lactones) is 1. The second kappa shape index (κ2) is 5.01. The summed E-state index contributed by atoms with van der Waals surface area (Å²) in [7, 11) is 0. The number of nitrogens with zero attached hydrogens (tertiary/aromatic N) is 2. The van der Waals surface area contributed by atoms with Crippen LogP contribution in [0.1, 0.15) is 5.82 Å². The molecule has 1 aliphatic heterocycles. The summed E-state index contributed by atoms with van der Waals surface area (Å²) in [5.41, 5.74) is 1.78. The highest BCUT2D eigenvalue weighted by molar-refractivity contribution is 5.89. The first-order valence-corrected chi connectivity index (χ1v) is 6.09. The van der Waals surface area contributed by atoms with Gasteiger partial charge < -0.3 is 15.0 Å². The SMILES string of the molecule is O=C1OCCN1c1cccc(NCc2ncc[nH]2)c1. The van der Waals surface area contributed by atoms with Crippen LogP contribution in [0.2, 0.25) is 0 Å². The molecule has 0 spiro atoms. The van der Waals surface area contributed by atoms with Crippen LogP contribution in [-0.4, -0.2) is 29.2 Å². The molecule has 0 unspecified atom stereocenters. The smallest absolute Gasteiger partial charge is 0.414 e. The summed E-state index contributed by atoms with van der Waals surface area (Å²) in [6.07, 6.45) is 3.21. The Kier molecular flexibility index (Phi) is 3.06. The lowest BCUT2D eigenvalue weighted by molar-refractivity contribution is 0.181. The predicted octanol–water partition coefficient (Wildman–Crippen LogP) is 1.98. The number of H-pyrrole nitrogens is 1. The molecule has 1 fully saturated rings. The quantitative estimate of drug-likeness (QED) is 0.879. The van der Waals surface area contributed by atoms with Gasteiger partial charge in [-0.2, -0.15) is 0 Å².